The van der Waals surface area contributed by atoms with Gasteiger partial charge in [0.05, 0.1) is 6.10 Å². The molecule has 19 heavy (non-hydrogen) atoms. The van der Waals surface area contributed by atoms with Crippen LogP contribution in [0.1, 0.15) is 29.7 Å². The molecule has 2 nitrogen and oxygen atoms in total. The zero-order valence-electron chi connectivity index (χ0n) is 11.6. The van der Waals surface area contributed by atoms with Crippen LogP contribution in [0, 0.1) is 6.92 Å². The number of nitrogens with one attached hydrogen (secondary N) is 1. The summed E-state index contributed by atoms with van der Waals surface area (Å²) >= 11 is 0. The molecule has 0 aliphatic rings. The Morgan fingerprint density at radius 1 is 1.00 bits per heavy atom. The highest BCUT2D eigenvalue weighted by molar-refractivity contribution is 5.44. The van der Waals surface area contributed by atoms with E-state index >= 15 is 0 Å². The lowest BCUT2D eigenvalue weighted by molar-refractivity contribution is 0.191. The molecule has 2 heteroatoms. The van der Waals surface area contributed by atoms with Crippen molar-refractivity contribution in [2.45, 2.75) is 26.4 Å². The van der Waals surface area contributed by atoms with Crippen molar-refractivity contribution in [2.75, 3.05) is 11.9 Å². The van der Waals surface area contributed by atoms with Crippen LogP contribution in [0.15, 0.2) is 48.5 Å². The van der Waals surface area contributed by atoms with E-state index < -0.39 is 6.10 Å². The van der Waals surface area contributed by atoms with Crippen molar-refractivity contribution in [1.29, 1.82) is 0 Å². The summed E-state index contributed by atoms with van der Waals surface area (Å²) in [6.45, 7) is 4.72. The van der Waals surface area contributed by atoms with Crippen molar-refractivity contribution in [3.05, 3.63) is 65.2 Å². The summed E-state index contributed by atoms with van der Waals surface area (Å²) in [7, 11) is 0. The summed E-state index contributed by atoms with van der Waals surface area (Å²) in [5, 5.41) is 13.4. The van der Waals surface area contributed by atoms with Crippen LogP contribution < -0.4 is 5.32 Å². The van der Waals surface area contributed by atoms with E-state index in [1.807, 2.05) is 24.3 Å². The fourth-order valence-electron chi connectivity index (χ4n) is 1.98. The van der Waals surface area contributed by atoms with Gasteiger partial charge in [0.1, 0.15) is 0 Å². The molecule has 0 aliphatic carbocycles. The SMILES string of the molecule is CCc1ccc(C(O)CNc2ccc(C)cc2)cc1. The summed E-state index contributed by atoms with van der Waals surface area (Å²) in [4.78, 5) is 0. The zero-order chi connectivity index (χ0) is 13.7. The third kappa shape index (κ3) is 3.83. The molecule has 0 fully saturated rings. The van der Waals surface area contributed by atoms with Gasteiger partial charge in [0.2, 0.25) is 0 Å². The number of aryl methyl sites for hydroxylation is 2. The first kappa shape index (κ1) is 13.6. The fraction of sp³-hybridized carbons (Fsp3) is 0.294. The van der Waals surface area contributed by atoms with E-state index in [9.17, 15) is 5.11 Å². The lowest BCUT2D eigenvalue weighted by Crippen LogP contribution is -2.12. The molecule has 2 N–H and O–H groups in total. The van der Waals surface area contributed by atoms with Gasteiger partial charge in [-0.25, -0.2) is 0 Å². The molecule has 2 aromatic carbocycles. The minimum Gasteiger partial charge on any atom is -0.387 e. The van der Waals surface area contributed by atoms with Gasteiger partial charge in [-0.15, -0.1) is 0 Å². The van der Waals surface area contributed by atoms with Crippen LogP contribution in [0.2, 0.25) is 0 Å². The third-order valence-corrected chi connectivity index (χ3v) is 3.32. The van der Waals surface area contributed by atoms with Crippen molar-refractivity contribution in [2.24, 2.45) is 0 Å². The number of hydrogen-bond donors (Lipinski definition) is 2. The Bertz CT molecular complexity index is 502. The molecule has 1 unspecified atom stereocenters. The van der Waals surface area contributed by atoms with Crippen molar-refractivity contribution in [3.8, 4) is 0 Å². The van der Waals surface area contributed by atoms with Crippen molar-refractivity contribution < 1.29 is 5.11 Å². The molecule has 0 bridgehead atoms. The van der Waals surface area contributed by atoms with Gasteiger partial charge in [-0.1, -0.05) is 48.9 Å². The van der Waals surface area contributed by atoms with E-state index in [1.54, 1.807) is 0 Å². The standard InChI is InChI=1S/C17H21NO/c1-3-14-6-8-15(9-7-14)17(19)12-18-16-10-4-13(2)5-11-16/h4-11,17-19H,3,12H2,1-2H3. The number of benzene rings is 2. The van der Waals surface area contributed by atoms with Crippen molar-refractivity contribution in [3.63, 3.8) is 0 Å². The second-order valence-electron chi connectivity index (χ2n) is 4.86. The molecule has 1 atom stereocenters. The van der Waals surface area contributed by atoms with E-state index in [0.29, 0.717) is 6.54 Å². The van der Waals surface area contributed by atoms with Crippen LogP contribution in [0.3, 0.4) is 0 Å². The average Bonchev–Trinajstić information content (AvgIpc) is 2.46. The maximum atomic E-state index is 10.1. The smallest absolute Gasteiger partial charge is 0.0962 e. The van der Waals surface area contributed by atoms with Gasteiger partial charge in [-0.2, -0.15) is 0 Å². The van der Waals surface area contributed by atoms with E-state index in [0.717, 1.165) is 17.7 Å². The van der Waals surface area contributed by atoms with E-state index in [-0.39, 0.29) is 0 Å². The lowest BCUT2D eigenvalue weighted by Gasteiger charge is -2.13. The predicted molar refractivity (Wildman–Crippen MR) is 80.4 cm³/mol. The summed E-state index contributed by atoms with van der Waals surface area (Å²) in [6, 6.07) is 16.3. The average molecular weight is 255 g/mol. The first-order chi connectivity index (χ1) is 9.19. The number of anilines is 1. The van der Waals surface area contributed by atoms with Gasteiger partial charge in [-0.05, 0) is 36.6 Å². The molecule has 2 rings (SSSR count). The van der Waals surface area contributed by atoms with Crippen molar-refractivity contribution in [1.82, 2.24) is 0 Å². The van der Waals surface area contributed by atoms with Crippen LogP contribution >= 0.6 is 0 Å². The summed E-state index contributed by atoms with van der Waals surface area (Å²) in [5.74, 6) is 0. The van der Waals surface area contributed by atoms with E-state index in [4.69, 9.17) is 0 Å². The lowest BCUT2D eigenvalue weighted by atomic mass is 10.1. The molecule has 0 heterocycles. The van der Waals surface area contributed by atoms with Crippen LogP contribution in [0.25, 0.3) is 0 Å². The minimum absolute atomic E-state index is 0.479. The number of rotatable bonds is 5. The molecule has 0 spiro atoms. The molecule has 0 amide bonds. The Morgan fingerprint density at radius 3 is 2.21 bits per heavy atom. The molecular formula is C17H21NO. The molecule has 0 radical (unpaired) electrons. The molecule has 0 aliphatic heterocycles. The Balaban J connectivity index is 1.93. The predicted octanol–water partition coefficient (Wildman–Crippen LogP) is 3.70. The zero-order valence-corrected chi connectivity index (χ0v) is 11.6. The topological polar surface area (TPSA) is 32.3 Å². The van der Waals surface area contributed by atoms with Gasteiger partial charge in [-0.3, -0.25) is 0 Å². The van der Waals surface area contributed by atoms with Crippen LogP contribution in [-0.2, 0) is 6.42 Å². The van der Waals surface area contributed by atoms with E-state index in [2.05, 4.69) is 43.4 Å². The van der Waals surface area contributed by atoms with Crippen LogP contribution in [0.4, 0.5) is 5.69 Å². The Hall–Kier alpha value is -1.80. The summed E-state index contributed by atoms with van der Waals surface area (Å²) in [6.07, 6.45) is 0.546. The summed E-state index contributed by atoms with van der Waals surface area (Å²) in [5.41, 5.74) is 4.52. The molecular weight excluding hydrogens is 234 g/mol. The van der Waals surface area contributed by atoms with Crippen LogP contribution in [0.5, 0.6) is 0 Å². The number of aliphatic hydroxyl groups excluding tert-OH is 1. The largest absolute Gasteiger partial charge is 0.387 e. The highest BCUT2D eigenvalue weighted by atomic mass is 16.3. The molecule has 0 aromatic heterocycles. The summed E-state index contributed by atoms with van der Waals surface area (Å²) < 4.78 is 0. The third-order valence-electron chi connectivity index (χ3n) is 3.32. The van der Waals surface area contributed by atoms with Gasteiger partial charge in [0, 0.05) is 12.2 Å². The van der Waals surface area contributed by atoms with Gasteiger partial charge in [0.15, 0.2) is 0 Å². The highest BCUT2D eigenvalue weighted by Gasteiger charge is 2.06. The van der Waals surface area contributed by atoms with Gasteiger partial charge >= 0.3 is 0 Å². The fourth-order valence-corrected chi connectivity index (χ4v) is 1.98. The molecule has 2 aromatic rings. The van der Waals surface area contributed by atoms with Crippen molar-refractivity contribution >= 4 is 5.69 Å². The normalized spacial score (nSPS) is 12.2. The minimum atomic E-state index is -0.479. The maximum absolute atomic E-state index is 10.1. The Labute approximate surface area is 115 Å². The molecule has 100 valence electrons. The van der Waals surface area contributed by atoms with E-state index in [1.165, 1.54) is 11.1 Å². The number of hydrogen-bond acceptors (Lipinski definition) is 2. The highest BCUT2D eigenvalue weighted by Crippen LogP contribution is 2.16. The van der Waals surface area contributed by atoms with Gasteiger partial charge < -0.3 is 10.4 Å². The molecule has 0 saturated heterocycles. The molecule has 0 saturated carbocycles. The van der Waals surface area contributed by atoms with Crippen LogP contribution in [-0.4, -0.2) is 11.7 Å². The quantitative estimate of drug-likeness (QED) is 0.853. The first-order valence-corrected chi connectivity index (χ1v) is 6.76. The van der Waals surface area contributed by atoms with Gasteiger partial charge in [0.25, 0.3) is 0 Å². The maximum Gasteiger partial charge on any atom is 0.0962 e. The monoisotopic (exact) mass is 255 g/mol. The second kappa shape index (κ2) is 6.39. The number of aliphatic hydroxyl groups is 1. The first-order valence-electron chi connectivity index (χ1n) is 6.76. The Kier molecular flexibility index (Phi) is 4.58. The second-order valence-corrected chi connectivity index (χ2v) is 4.86. The Morgan fingerprint density at radius 2 is 1.63 bits per heavy atom.